The minimum Gasteiger partial charge on any atom is -0.392 e. The molecule has 0 aliphatic rings. The standard InChI is InChI=1S/C13H20N4O3/c14-11(2-1-7-16-13(15)20)12(19)17-10-5-3-9(8-18)4-6-10/h3-6,11,18H,1-2,7-8,14H2,(H,17,19)(H3,15,16,20)/t11-/m0/s1. The molecule has 110 valence electrons. The van der Waals surface area contributed by atoms with Crippen molar-refractivity contribution < 1.29 is 14.7 Å². The number of hydrogen-bond donors (Lipinski definition) is 5. The highest BCUT2D eigenvalue weighted by atomic mass is 16.3. The zero-order chi connectivity index (χ0) is 15.0. The predicted octanol–water partition coefficient (Wildman–Crippen LogP) is -0.107. The molecule has 0 aromatic heterocycles. The van der Waals surface area contributed by atoms with E-state index in [0.29, 0.717) is 25.1 Å². The highest BCUT2D eigenvalue weighted by Gasteiger charge is 2.13. The van der Waals surface area contributed by atoms with Gasteiger partial charge in [0.25, 0.3) is 0 Å². The molecule has 0 spiro atoms. The number of carbonyl (C=O) groups is 2. The molecule has 0 fully saturated rings. The van der Waals surface area contributed by atoms with Gasteiger partial charge in [-0.05, 0) is 30.5 Å². The third-order valence-corrected chi connectivity index (χ3v) is 2.73. The van der Waals surface area contributed by atoms with Crippen molar-refractivity contribution in [2.75, 3.05) is 11.9 Å². The molecule has 0 radical (unpaired) electrons. The zero-order valence-electron chi connectivity index (χ0n) is 11.1. The van der Waals surface area contributed by atoms with Crippen molar-refractivity contribution in [3.8, 4) is 0 Å². The smallest absolute Gasteiger partial charge is 0.312 e. The van der Waals surface area contributed by atoms with E-state index in [2.05, 4.69) is 10.6 Å². The first-order valence-corrected chi connectivity index (χ1v) is 6.32. The molecule has 20 heavy (non-hydrogen) atoms. The van der Waals surface area contributed by atoms with Crippen LogP contribution in [-0.2, 0) is 11.4 Å². The van der Waals surface area contributed by atoms with Gasteiger partial charge in [0, 0.05) is 12.2 Å². The molecule has 1 atom stereocenters. The number of rotatable bonds is 7. The second-order valence-electron chi connectivity index (χ2n) is 4.38. The molecular formula is C13H20N4O3. The van der Waals surface area contributed by atoms with Crippen LogP contribution in [0.5, 0.6) is 0 Å². The minimum atomic E-state index is -0.651. The van der Waals surface area contributed by atoms with Gasteiger partial charge in [0.1, 0.15) is 0 Å². The molecule has 1 aromatic carbocycles. The van der Waals surface area contributed by atoms with E-state index in [4.69, 9.17) is 16.6 Å². The third-order valence-electron chi connectivity index (χ3n) is 2.73. The van der Waals surface area contributed by atoms with E-state index >= 15 is 0 Å². The normalized spacial score (nSPS) is 11.7. The Labute approximate surface area is 117 Å². The predicted molar refractivity (Wildman–Crippen MR) is 75.8 cm³/mol. The highest BCUT2D eigenvalue weighted by Crippen LogP contribution is 2.10. The first-order valence-electron chi connectivity index (χ1n) is 6.32. The van der Waals surface area contributed by atoms with Crippen LogP contribution >= 0.6 is 0 Å². The fourth-order valence-corrected chi connectivity index (χ4v) is 1.59. The number of nitrogens with two attached hydrogens (primary N) is 2. The van der Waals surface area contributed by atoms with Gasteiger partial charge in [0.15, 0.2) is 0 Å². The summed E-state index contributed by atoms with van der Waals surface area (Å²) in [5, 5.41) is 14.0. The Morgan fingerprint density at radius 2 is 1.90 bits per heavy atom. The lowest BCUT2D eigenvalue weighted by atomic mass is 10.1. The number of aliphatic hydroxyl groups excluding tert-OH is 1. The number of primary amides is 1. The summed E-state index contributed by atoms with van der Waals surface area (Å²) < 4.78 is 0. The van der Waals surface area contributed by atoms with E-state index in [9.17, 15) is 9.59 Å². The summed E-state index contributed by atoms with van der Waals surface area (Å²) in [6, 6.07) is 5.60. The summed E-state index contributed by atoms with van der Waals surface area (Å²) in [5.41, 5.74) is 12.0. The number of aliphatic hydroxyl groups is 1. The molecule has 1 rings (SSSR count). The number of nitrogens with one attached hydrogen (secondary N) is 2. The molecular weight excluding hydrogens is 260 g/mol. The van der Waals surface area contributed by atoms with Gasteiger partial charge in [-0.15, -0.1) is 0 Å². The lowest BCUT2D eigenvalue weighted by molar-refractivity contribution is -0.117. The van der Waals surface area contributed by atoms with E-state index < -0.39 is 12.1 Å². The molecule has 1 aromatic rings. The van der Waals surface area contributed by atoms with Crippen LogP contribution in [0.15, 0.2) is 24.3 Å². The van der Waals surface area contributed by atoms with Gasteiger partial charge in [-0.1, -0.05) is 12.1 Å². The summed E-state index contributed by atoms with van der Waals surface area (Å²) in [7, 11) is 0. The van der Waals surface area contributed by atoms with Gasteiger partial charge in [0.2, 0.25) is 5.91 Å². The molecule has 0 unspecified atom stereocenters. The zero-order valence-corrected chi connectivity index (χ0v) is 11.1. The lowest BCUT2D eigenvalue weighted by Gasteiger charge is -2.12. The molecule has 0 bridgehead atoms. The molecule has 7 N–H and O–H groups in total. The first kappa shape index (κ1) is 15.9. The average molecular weight is 280 g/mol. The number of benzene rings is 1. The average Bonchev–Trinajstić information content (AvgIpc) is 2.44. The van der Waals surface area contributed by atoms with Crippen molar-refractivity contribution in [2.45, 2.75) is 25.5 Å². The Kier molecular flexibility index (Phi) is 6.48. The van der Waals surface area contributed by atoms with Crippen molar-refractivity contribution >= 4 is 17.6 Å². The minimum absolute atomic E-state index is 0.0411. The Morgan fingerprint density at radius 3 is 2.45 bits per heavy atom. The molecule has 3 amide bonds. The van der Waals surface area contributed by atoms with Crippen LogP contribution in [0.25, 0.3) is 0 Å². The molecule has 0 saturated heterocycles. The van der Waals surface area contributed by atoms with E-state index in [1.807, 2.05) is 0 Å². The fraction of sp³-hybridized carbons (Fsp3) is 0.385. The van der Waals surface area contributed by atoms with Crippen LogP contribution in [0.3, 0.4) is 0 Å². The second-order valence-corrected chi connectivity index (χ2v) is 4.38. The number of amides is 3. The van der Waals surface area contributed by atoms with E-state index in [0.717, 1.165) is 5.56 Å². The van der Waals surface area contributed by atoms with Gasteiger partial charge in [-0.3, -0.25) is 4.79 Å². The summed E-state index contributed by atoms with van der Waals surface area (Å²) in [6.45, 7) is 0.349. The first-order chi connectivity index (χ1) is 9.52. The maximum absolute atomic E-state index is 11.8. The van der Waals surface area contributed by atoms with Gasteiger partial charge >= 0.3 is 6.03 Å². The van der Waals surface area contributed by atoms with Crippen molar-refractivity contribution in [3.63, 3.8) is 0 Å². The van der Waals surface area contributed by atoms with Crippen molar-refractivity contribution in [3.05, 3.63) is 29.8 Å². The van der Waals surface area contributed by atoms with Crippen LogP contribution in [0.1, 0.15) is 18.4 Å². The second kappa shape index (κ2) is 8.13. The van der Waals surface area contributed by atoms with Gasteiger partial charge < -0.3 is 27.2 Å². The van der Waals surface area contributed by atoms with E-state index in [1.54, 1.807) is 24.3 Å². The summed E-state index contributed by atoms with van der Waals surface area (Å²) in [4.78, 5) is 22.3. The van der Waals surface area contributed by atoms with Crippen molar-refractivity contribution in [2.24, 2.45) is 11.5 Å². The van der Waals surface area contributed by atoms with E-state index in [1.165, 1.54) is 0 Å². The lowest BCUT2D eigenvalue weighted by Crippen LogP contribution is -2.37. The summed E-state index contributed by atoms with van der Waals surface area (Å²) >= 11 is 0. The van der Waals surface area contributed by atoms with Gasteiger partial charge in [-0.25, -0.2) is 4.79 Å². The number of anilines is 1. The number of urea groups is 1. The third kappa shape index (κ3) is 5.68. The monoisotopic (exact) mass is 280 g/mol. The topological polar surface area (TPSA) is 130 Å². The maximum atomic E-state index is 11.8. The largest absolute Gasteiger partial charge is 0.392 e. The van der Waals surface area contributed by atoms with Crippen molar-refractivity contribution in [1.29, 1.82) is 0 Å². The van der Waals surface area contributed by atoms with Crippen LogP contribution < -0.4 is 22.1 Å². The fourth-order valence-electron chi connectivity index (χ4n) is 1.59. The molecule has 0 saturated carbocycles. The molecule has 0 heterocycles. The number of hydrogen-bond acceptors (Lipinski definition) is 4. The maximum Gasteiger partial charge on any atom is 0.312 e. The Balaban J connectivity index is 2.34. The quantitative estimate of drug-likeness (QED) is 0.446. The van der Waals surface area contributed by atoms with Crippen LogP contribution in [-0.4, -0.2) is 29.6 Å². The molecule has 7 heteroatoms. The summed E-state index contributed by atoms with van der Waals surface area (Å²) in [6.07, 6.45) is 1.02. The van der Waals surface area contributed by atoms with Crippen LogP contribution in [0, 0.1) is 0 Å². The van der Waals surface area contributed by atoms with Crippen LogP contribution in [0.4, 0.5) is 10.5 Å². The van der Waals surface area contributed by atoms with Gasteiger partial charge in [0.05, 0.1) is 12.6 Å². The molecule has 7 nitrogen and oxygen atoms in total. The molecule has 0 aliphatic heterocycles. The Morgan fingerprint density at radius 1 is 1.25 bits per heavy atom. The number of carbonyl (C=O) groups excluding carboxylic acids is 2. The molecule has 0 aliphatic carbocycles. The van der Waals surface area contributed by atoms with Crippen molar-refractivity contribution in [1.82, 2.24) is 5.32 Å². The van der Waals surface area contributed by atoms with Crippen LogP contribution in [0.2, 0.25) is 0 Å². The van der Waals surface area contributed by atoms with E-state index in [-0.39, 0.29) is 12.5 Å². The van der Waals surface area contributed by atoms with Gasteiger partial charge in [-0.2, -0.15) is 0 Å². The highest BCUT2D eigenvalue weighted by molar-refractivity contribution is 5.94. The SMILES string of the molecule is NC(=O)NCCC[C@H](N)C(=O)Nc1ccc(CO)cc1. The Hall–Kier alpha value is -2.12. The summed E-state index contributed by atoms with van der Waals surface area (Å²) in [5.74, 6) is -0.291. The Bertz CT molecular complexity index is 447.